The first-order valence-corrected chi connectivity index (χ1v) is 5.06. The number of carbonyl (C=O) groups is 1. The number of hydrogen-bond donors (Lipinski definition) is 3. The van der Waals surface area contributed by atoms with Gasteiger partial charge in [0, 0.05) is 18.8 Å². The van der Waals surface area contributed by atoms with Crippen LogP contribution in [-0.4, -0.2) is 42.0 Å². The Kier molecular flexibility index (Phi) is 4.74. The Hall–Kier alpha value is -1.54. The van der Waals surface area contributed by atoms with Gasteiger partial charge < -0.3 is 20.1 Å². The lowest BCUT2D eigenvalue weighted by atomic mass is 10.3. The third kappa shape index (κ3) is 4.04. The molecule has 0 radical (unpaired) electrons. The molecule has 1 heterocycles. The van der Waals surface area contributed by atoms with E-state index in [1.165, 1.54) is 13.2 Å². The molecule has 3 N–H and O–H groups in total. The van der Waals surface area contributed by atoms with Gasteiger partial charge in [0.1, 0.15) is 5.69 Å². The number of aliphatic hydroxyl groups is 1. The normalized spacial score (nSPS) is 13.4. The Morgan fingerprint density at radius 1 is 1.56 bits per heavy atom. The zero-order chi connectivity index (χ0) is 13.8. The van der Waals surface area contributed by atoms with Crippen molar-refractivity contribution in [3.8, 4) is 0 Å². The van der Waals surface area contributed by atoms with Crippen molar-refractivity contribution in [3.63, 3.8) is 0 Å². The van der Waals surface area contributed by atoms with E-state index < -0.39 is 24.8 Å². The van der Waals surface area contributed by atoms with Gasteiger partial charge in [-0.3, -0.25) is 0 Å². The first-order valence-electron chi connectivity index (χ1n) is 5.06. The summed E-state index contributed by atoms with van der Waals surface area (Å²) in [6.07, 6.45) is -7.05. The van der Waals surface area contributed by atoms with Crippen LogP contribution in [0.2, 0.25) is 0 Å². The summed E-state index contributed by atoms with van der Waals surface area (Å²) in [6, 6.07) is 3.00. The Bertz CT molecular complexity index is 403. The number of ether oxygens (including phenoxy) is 1. The number of H-pyrrole nitrogens is 1. The quantitative estimate of drug-likeness (QED) is 0.690. The fourth-order valence-corrected chi connectivity index (χ4v) is 1.23. The molecule has 0 amide bonds. The summed E-state index contributed by atoms with van der Waals surface area (Å²) >= 11 is 0. The van der Waals surface area contributed by atoms with Gasteiger partial charge in [-0.25, -0.2) is 4.79 Å². The molecule has 0 aromatic carbocycles. The third-order valence-corrected chi connectivity index (χ3v) is 2.18. The lowest BCUT2D eigenvalue weighted by molar-refractivity contribution is -0.201. The molecule has 0 aliphatic heterocycles. The number of aromatic nitrogens is 1. The first-order chi connectivity index (χ1) is 8.34. The average molecular weight is 266 g/mol. The molecule has 0 aliphatic carbocycles. The molecule has 0 bridgehead atoms. The van der Waals surface area contributed by atoms with Gasteiger partial charge in [0.05, 0.1) is 7.11 Å². The van der Waals surface area contributed by atoms with Crippen LogP contribution < -0.4 is 5.32 Å². The molecule has 1 atom stereocenters. The second-order valence-electron chi connectivity index (χ2n) is 3.58. The minimum atomic E-state index is -4.64. The number of aromatic amines is 1. The summed E-state index contributed by atoms with van der Waals surface area (Å²) in [5.41, 5.74) is 0.732. The van der Waals surface area contributed by atoms with Gasteiger partial charge in [-0.1, -0.05) is 0 Å². The van der Waals surface area contributed by atoms with Crippen LogP contribution in [0.3, 0.4) is 0 Å². The fraction of sp³-hybridized carbons (Fsp3) is 0.500. The molecule has 0 saturated carbocycles. The molecule has 18 heavy (non-hydrogen) atoms. The second-order valence-corrected chi connectivity index (χ2v) is 3.58. The Balaban J connectivity index is 2.41. The van der Waals surface area contributed by atoms with Crippen molar-refractivity contribution in [1.82, 2.24) is 10.3 Å². The number of carbonyl (C=O) groups excluding carboxylic acids is 1. The molecular formula is C10H13F3N2O3. The highest BCUT2D eigenvalue weighted by atomic mass is 19.4. The third-order valence-electron chi connectivity index (χ3n) is 2.18. The standard InChI is InChI=1S/C10H13F3N2O3/c1-18-9(17)7-3-2-6(15-7)4-14-5-8(16)10(11,12)13/h2-3,8,14-16H,4-5H2,1H3. The summed E-state index contributed by atoms with van der Waals surface area (Å²) in [7, 11) is 1.22. The maximum Gasteiger partial charge on any atom is 0.415 e. The van der Waals surface area contributed by atoms with E-state index in [0.29, 0.717) is 5.69 Å². The lowest BCUT2D eigenvalue weighted by Crippen LogP contribution is -2.38. The van der Waals surface area contributed by atoms with Crippen LogP contribution in [0.5, 0.6) is 0 Å². The van der Waals surface area contributed by atoms with E-state index in [1.807, 2.05) is 0 Å². The molecular weight excluding hydrogens is 253 g/mol. The van der Waals surface area contributed by atoms with Crippen molar-refractivity contribution in [2.45, 2.75) is 18.8 Å². The molecule has 5 nitrogen and oxygen atoms in total. The van der Waals surface area contributed by atoms with Crippen LogP contribution in [0.1, 0.15) is 16.2 Å². The van der Waals surface area contributed by atoms with Crippen LogP contribution in [0.15, 0.2) is 12.1 Å². The second kappa shape index (κ2) is 5.87. The highest BCUT2D eigenvalue weighted by Crippen LogP contribution is 2.19. The first kappa shape index (κ1) is 14.5. The van der Waals surface area contributed by atoms with Gasteiger partial charge in [0.25, 0.3) is 0 Å². The predicted octanol–water partition coefficient (Wildman–Crippen LogP) is 0.814. The Labute approximate surface area is 101 Å². The van der Waals surface area contributed by atoms with Crippen LogP contribution in [0, 0.1) is 0 Å². The fourth-order valence-electron chi connectivity index (χ4n) is 1.23. The Morgan fingerprint density at radius 3 is 2.78 bits per heavy atom. The smallest absolute Gasteiger partial charge is 0.415 e. The van der Waals surface area contributed by atoms with E-state index in [4.69, 9.17) is 5.11 Å². The summed E-state index contributed by atoms with van der Waals surface area (Å²) < 4.78 is 40.4. The van der Waals surface area contributed by atoms with Crippen molar-refractivity contribution in [1.29, 1.82) is 0 Å². The molecule has 1 unspecified atom stereocenters. The zero-order valence-electron chi connectivity index (χ0n) is 9.54. The molecule has 1 aromatic heterocycles. The maximum atomic E-state index is 12.0. The number of methoxy groups -OCH3 is 1. The average Bonchev–Trinajstić information content (AvgIpc) is 2.75. The molecule has 1 aromatic rings. The zero-order valence-corrected chi connectivity index (χ0v) is 9.54. The van der Waals surface area contributed by atoms with Crippen molar-refractivity contribution in [2.75, 3.05) is 13.7 Å². The lowest BCUT2D eigenvalue weighted by Gasteiger charge is -2.14. The summed E-state index contributed by atoms with van der Waals surface area (Å²) in [4.78, 5) is 13.8. The predicted molar refractivity (Wildman–Crippen MR) is 55.9 cm³/mol. The van der Waals surface area contributed by atoms with Crippen molar-refractivity contribution in [2.24, 2.45) is 0 Å². The van der Waals surface area contributed by atoms with E-state index in [1.54, 1.807) is 6.07 Å². The van der Waals surface area contributed by atoms with Gasteiger partial charge in [0.15, 0.2) is 6.10 Å². The van der Waals surface area contributed by atoms with E-state index in [0.717, 1.165) is 0 Å². The van der Waals surface area contributed by atoms with Crippen LogP contribution >= 0.6 is 0 Å². The van der Waals surface area contributed by atoms with Gasteiger partial charge in [0.2, 0.25) is 0 Å². The minimum Gasteiger partial charge on any atom is -0.464 e. The van der Waals surface area contributed by atoms with E-state index in [-0.39, 0.29) is 12.2 Å². The van der Waals surface area contributed by atoms with Crippen LogP contribution in [0.25, 0.3) is 0 Å². The van der Waals surface area contributed by atoms with Crippen molar-refractivity contribution < 1.29 is 27.8 Å². The number of esters is 1. The van der Waals surface area contributed by atoms with Gasteiger partial charge in [-0.05, 0) is 12.1 Å². The van der Waals surface area contributed by atoms with Crippen molar-refractivity contribution in [3.05, 3.63) is 23.5 Å². The number of rotatable bonds is 5. The molecule has 0 saturated heterocycles. The van der Waals surface area contributed by atoms with Crippen LogP contribution in [0.4, 0.5) is 13.2 Å². The van der Waals surface area contributed by atoms with Crippen molar-refractivity contribution >= 4 is 5.97 Å². The summed E-state index contributed by atoms with van der Waals surface area (Å²) in [5.74, 6) is -0.559. The number of halogens is 3. The number of hydrogen-bond acceptors (Lipinski definition) is 4. The minimum absolute atomic E-state index is 0.0735. The molecule has 102 valence electrons. The highest BCUT2D eigenvalue weighted by molar-refractivity contribution is 5.87. The largest absolute Gasteiger partial charge is 0.464 e. The van der Waals surface area contributed by atoms with E-state index in [2.05, 4.69) is 15.0 Å². The monoisotopic (exact) mass is 266 g/mol. The summed E-state index contributed by atoms with van der Waals surface area (Å²) in [5, 5.41) is 11.1. The topological polar surface area (TPSA) is 74.3 Å². The van der Waals surface area contributed by atoms with E-state index >= 15 is 0 Å². The number of nitrogens with one attached hydrogen (secondary N) is 2. The maximum absolute atomic E-state index is 12.0. The SMILES string of the molecule is COC(=O)c1ccc(CNCC(O)C(F)(F)F)[nH]1. The molecule has 0 fully saturated rings. The molecule has 0 aliphatic rings. The molecule has 8 heteroatoms. The summed E-state index contributed by atoms with van der Waals surface area (Å²) in [6.45, 7) is -0.541. The number of alkyl halides is 3. The number of aliphatic hydroxyl groups excluding tert-OH is 1. The van der Waals surface area contributed by atoms with Gasteiger partial charge >= 0.3 is 12.1 Å². The van der Waals surface area contributed by atoms with Gasteiger partial charge in [-0.2, -0.15) is 13.2 Å². The van der Waals surface area contributed by atoms with Crippen LogP contribution in [-0.2, 0) is 11.3 Å². The highest BCUT2D eigenvalue weighted by Gasteiger charge is 2.37. The van der Waals surface area contributed by atoms with E-state index in [9.17, 15) is 18.0 Å². The molecule has 0 spiro atoms. The Morgan fingerprint density at radius 2 is 2.22 bits per heavy atom. The molecule has 1 rings (SSSR count). The van der Waals surface area contributed by atoms with Gasteiger partial charge in [-0.15, -0.1) is 0 Å².